The van der Waals surface area contributed by atoms with Gasteiger partial charge in [0.15, 0.2) is 12.3 Å². The van der Waals surface area contributed by atoms with E-state index in [1.807, 2.05) is 6.92 Å². The lowest BCUT2D eigenvalue weighted by Crippen LogP contribution is -2.43. The summed E-state index contributed by atoms with van der Waals surface area (Å²) in [6.45, 7) is 2.18. The maximum atomic E-state index is 13.3. The smallest absolute Gasteiger partial charge is 0.179 e. The van der Waals surface area contributed by atoms with E-state index in [1.165, 1.54) is 27.7 Å². The van der Waals surface area contributed by atoms with Crippen molar-refractivity contribution < 1.29 is 19.3 Å². The number of likely N-dealkylation sites (tertiary alicyclic amines) is 1. The molecule has 1 fully saturated rings. The van der Waals surface area contributed by atoms with Gasteiger partial charge in [-0.2, -0.15) is 10.4 Å². The molecule has 1 aliphatic rings. The lowest BCUT2D eigenvalue weighted by Gasteiger charge is -2.33. The van der Waals surface area contributed by atoms with E-state index in [9.17, 15) is 14.6 Å². The highest BCUT2D eigenvalue weighted by Gasteiger charge is 2.31. The van der Waals surface area contributed by atoms with Gasteiger partial charge >= 0.3 is 0 Å². The normalized spacial score (nSPS) is 18.8. The summed E-state index contributed by atoms with van der Waals surface area (Å²) in [4.78, 5) is 5.53. The van der Waals surface area contributed by atoms with E-state index in [-0.39, 0.29) is 12.6 Å². The van der Waals surface area contributed by atoms with Crippen molar-refractivity contribution in [1.29, 1.82) is 5.26 Å². The Labute approximate surface area is 209 Å². The fourth-order valence-electron chi connectivity index (χ4n) is 4.41. The first-order valence-electron chi connectivity index (χ1n) is 11.2. The van der Waals surface area contributed by atoms with E-state index in [0.717, 1.165) is 6.20 Å². The third-order valence-corrected chi connectivity index (χ3v) is 6.53. The number of hydrogen-bond acceptors (Lipinski definition) is 9. The molecule has 1 unspecified atom stereocenters. The van der Waals surface area contributed by atoms with Crippen molar-refractivity contribution in [1.82, 2.24) is 34.5 Å². The highest BCUT2D eigenvalue weighted by molar-refractivity contribution is 6.34. The summed E-state index contributed by atoms with van der Waals surface area (Å²) in [6, 6.07) is 4.07. The number of aliphatic hydroxyl groups excluding tert-OH is 2. The van der Waals surface area contributed by atoms with Crippen molar-refractivity contribution in [2.75, 3.05) is 19.7 Å². The monoisotopic (exact) mass is 512 g/mol. The molecule has 13 heteroatoms. The fraction of sp³-hybridized carbons (Fsp3) is 0.348. The van der Waals surface area contributed by atoms with Crippen LogP contribution in [0.1, 0.15) is 30.0 Å². The Morgan fingerprint density at radius 1 is 1.36 bits per heavy atom. The van der Waals surface area contributed by atoms with Crippen molar-refractivity contribution in [3.05, 3.63) is 59.0 Å². The molecular formula is C23H22ClFN8O3. The average Bonchev–Trinajstić information content (AvgIpc) is 3.45. The molecule has 4 aromatic heterocycles. The molecule has 1 saturated heterocycles. The van der Waals surface area contributed by atoms with Gasteiger partial charge in [0.25, 0.3) is 0 Å². The zero-order valence-electron chi connectivity index (χ0n) is 19.2. The van der Waals surface area contributed by atoms with E-state index >= 15 is 0 Å². The molecular weight excluding hydrogens is 491 g/mol. The zero-order valence-corrected chi connectivity index (χ0v) is 19.9. The van der Waals surface area contributed by atoms with Crippen LogP contribution < -0.4 is 4.74 Å². The van der Waals surface area contributed by atoms with Crippen LogP contribution in [-0.2, 0) is 0 Å². The molecule has 11 nitrogen and oxygen atoms in total. The molecule has 0 amide bonds. The number of piperidine rings is 1. The summed E-state index contributed by atoms with van der Waals surface area (Å²) in [5, 5.41) is 42.9. The maximum Gasteiger partial charge on any atom is 0.179 e. The van der Waals surface area contributed by atoms with Gasteiger partial charge in [0.05, 0.1) is 54.1 Å². The standard InChI is InChI=1S/C23H22ClFN8O3/c1-13-22(29-30-33(13)18-4-5-31(12-26)10-19(18)35)14-6-20(23-16(24)8-28-32(23)9-14)36-21(11-34)17-3-2-15(25)7-27-17/h2-3,6-9,18-19,21,34-35H,4-5,10-11H2,1H3/t18-,19-,21?/m1/s1. The molecule has 186 valence electrons. The topological polar surface area (TPSA) is 138 Å². The van der Waals surface area contributed by atoms with Crippen LogP contribution in [0.5, 0.6) is 5.75 Å². The number of rotatable bonds is 6. The second-order valence-corrected chi connectivity index (χ2v) is 8.91. The molecule has 0 saturated carbocycles. The number of hydrogen-bond donors (Lipinski definition) is 2. The molecule has 5 rings (SSSR count). The zero-order chi connectivity index (χ0) is 25.4. The number of nitriles is 1. The molecule has 3 atom stereocenters. The minimum absolute atomic E-state index is 0.228. The van der Waals surface area contributed by atoms with Crippen molar-refractivity contribution in [3.8, 4) is 23.2 Å². The fourth-order valence-corrected chi connectivity index (χ4v) is 4.63. The maximum absolute atomic E-state index is 13.3. The summed E-state index contributed by atoms with van der Waals surface area (Å²) in [5.74, 6) is -0.183. The summed E-state index contributed by atoms with van der Waals surface area (Å²) in [6.07, 6.45) is 5.21. The Morgan fingerprint density at radius 2 is 2.19 bits per heavy atom. The van der Waals surface area contributed by atoms with E-state index in [4.69, 9.17) is 21.6 Å². The molecule has 36 heavy (non-hydrogen) atoms. The quantitative estimate of drug-likeness (QED) is 0.372. The van der Waals surface area contributed by atoms with E-state index in [1.54, 1.807) is 16.9 Å². The molecule has 5 heterocycles. The number of aromatic nitrogens is 6. The second-order valence-electron chi connectivity index (χ2n) is 8.51. The first-order valence-corrected chi connectivity index (χ1v) is 11.6. The predicted molar refractivity (Wildman–Crippen MR) is 125 cm³/mol. The first kappa shape index (κ1) is 23.9. The molecule has 0 bridgehead atoms. The van der Waals surface area contributed by atoms with Crippen molar-refractivity contribution in [3.63, 3.8) is 0 Å². The summed E-state index contributed by atoms with van der Waals surface area (Å²) in [7, 11) is 0. The van der Waals surface area contributed by atoms with Crippen LogP contribution in [-0.4, -0.2) is 70.5 Å². The van der Waals surface area contributed by atoms with Crippen molar-refractivity contribution in [2.24, 2.45) is 0 Å². The van der Waals surface area contributed by atoms with Gasteiger partial charge in [-0.1, -0.05) is 16.8 Å². The molecule has 1 aliphatic heterocycles. The molecule has 4 aromatic rings. The van der Waals surface area contributed by atoms with Gasteiger partial charge in [-0.25, -0.2) is 13.6 Å². The highest BCUT2D eigenvalue weighted by atomic mass is 35.5. The minimum Gasteiger partial charge on any atom is -0.479 e. The lowest BCUT2D eigenvalue weighted by atomic mass is 10.0. The van der Waals surface area contributed by atoms with Crippen LogP contribution in [0.4, 0.5) is 4.39 Å². The summed E-state index contributed by atoms with van der Waals surface area (Å²) in [5.41, 5.74) is 2.70. The number of nitrogens with zero attached hydrogens (tertiary/aromatic N) is 8. The van der Waals surface area contributed by atoms with Crippen LogP contribution in [0, 0.1) is 24.2 Å². The van der Waals surface area contributed by atoms with Gasteiger partial charge in [0.1, 0.15) is 22.8 Å². The number of β-amino-alcohol motifs (C(OH)–C–C–N with tert-alkyl or cyclic N) is 1. The van der Waals surface area contributed by atoms with Gasteiger partial charge < -0.3 is 19.8 Å². The van der Waals surface area contributed by atoms with Gasteiger partial charge in [-0.3, -0.25) is 4.98 Å². The molecule has 0 aliphatic carbocycles. The Bertz CT molecular complexity index is 1430. The molecule has 0 spiro atoms. The largest absolute Gasteiger partial charge is 0.479 e. The lowest BCUT2D eigenvalue weighted by molar-refractivity contribution is 0.0419. The van der Waals surface area contributed by atoms with Crippen molar-refractivity contribution >= 4 is 17.1 Å². The Kier molecular flexibility index (Phi) is 6.44. The number of halogens is 2. The van der Waals surface area contributed by atoms with Gasteiger partial charge in [0.2, 0.25) is 0 Å². The van der Waals surface area contributed by atoms with Crippen LogP contribution in [0.25, 0.3) is 16.8 Å². The summed E-state index contributed by atoms with van der Waals surface area (Å²) < 4.78 is 22.6. The van der Waals surface area contributed by atoms with Crippen LogP contribution in [0.2, 0.25) is 5.02 Å². The average molecular weight is 513 g/mol. The Hall–Kier alpha value is -3.79. The highest BCUT2D eigenvalue weighted by Crippen LogP contribution is 2.35. The van der Waals surface area contributed by atoms with E-state index < -0.39 is 24.6 Å². The third-order valence-electron chi connectivity index (χ3n) is 6.25. The molecule has 0 aromatic carbocycles. The number of ether oxygens (including phenoxy) is 1. The Balaban J connectivity index is 1.52. The van der Waals surface area contributed by atoms with Gasteiger partial charge in [-0.05, 0) is 31.5 Å². The third kappa shape index (κ3) is 4.32. The van der Waals surface area contributed by atoms with Crippen LogP contribution in [0.3, 0.4) is 0 Å². The SMILES string of the molecule is Cc1c(-c2cc(OC(CO)c3ccc(F)cn3)c3c(Cl)cnn3c2)nnn1[C@@H]1CCN(C#N)C[C@H]1O. The van der Waals surface area contributed by atoms with Gasteiger partial charge in [-0.15, -0.1) is 5.10 Å². The van der Waals surface area contributed by atoms with Gasteiger partial charge in [0, 0.05) is 18.3 Å². The second kappa shape index (κ2) is 9.69. The van der Waals surface area contributed by atoms with Crippen molar-refractivity contribution in [2.45, 2.75) is 31.6 Å². The summed E-state index contributed by atoms with van der Waals surface area (Å²) >= 11 is 6.37. The Morgan fingerprint density at radius 3 is 2.89 bits per heavy atom. The number of fused-ring (bicyclic) bond motifs is 1. The van der Waals surface area contributed by atoms with Crippen LogP contribution >= 0.6 is 11.6 Å². The van der Waals surface area contributed by atoms with E-state index in [0.29, 0.717) is 51.9 Å². The number of pyridine rings is 2. The molecule has 0 radical (unpaired) electrons. The predicted octanol–water partition coefficient (Wildman–Crippen LogP) is 2.29. The first-order chi connectivity index (χ1) is 17.4. The minimum atomic E-state index is -0.882. The van der Waals surface area contributed by atoms with E-state index in [2.05, 4.69) is 26.6 Å². The van der Waals surface area contributed by atoms with Crippen LogP contribution in [0.15, 0.2) is 36.8 Å². The molecule has 2 N–H and O–H groups in total. The number of aliphatic hydroxyl groups is 2.